The standard InChI is InChI=1S/C19H20N4O7S/c24-18(19(25)21-15-3-5-16(6-4-15)23(26)27)20-13-14-1-7-17(8-2-14)31(28,29)22-9-11-30-12-10-22/h1-8H,9-13H2,(H,20,24)(H,21,25). The van der Waals surface area contributed by atoms with Gasteiger partial charge in [0.15, 0.2) is 0 Å². The second-order valence-electron chi connectivity index (χ2n) is 6.60. The molecule has 0 aromatic heterocycles. The Morgan fingerprint density at radius 3 is 2.19 bits per heavy atom. The Morgan fingerprint density at radius 1 is 1.00 bits per heavy atom. The van der Waals surface area contributed by atoms with Crippen LogP contribution in [0.2, 0.25) is 0 Å². The van der Waals surface area contributed by atoms with Crippen LogP contribution in [0.5, 0.6) is 0 Å². The van der Waals surface area contributed by atoms with Gasteiger partial charge in [-0.05, 0) is 29.8 Å². The van der Waals surface area contributed by atoms with Crippen LogP contribution in [-0.2, 0) is 30.9 Å². The molecule has 0 saturated carbocycles. The van der Waals surface area contributed by atoms with Gasteiger partial charge in [0, 0.05) is 37.5 Å². The summed E-state index contributed by atoms with van der Waals surface area (Å²) in [4.78, 5) is 34.1. The molecule has 0 unspecified atom stereocenters. The smallest absolute Gasteiger partial charge is 0.313 e. The van der Waals surface area contributed by atoms with E-state index in [0.29, 0.717) is 31.9 Å². The van der Waals surface area contributed by atoms with Gasteiger partial charge in [-0.1, -0.05) is 12.1 Å². The number of sulfonamides is 1. The largest absolute Gasteiger partial charge is 0.379 e. The van der Waals surface area contributed by atoms with Crippen molar-refractivity contribution >= 4 is 33.2 Å². The number of hydrogen-bond donors (Lipinski definition) is 2. The average molecular weight is 448 g/mol. The molecular formula is C19H20N4O7S. The Labute approximate surface area is 178 Å². The number of anilines is 1. The maximum atomic E-state index is 12.6. The van der Waals surface area contributed by atoms with Crippen LogP contribution >= 0.6 is 0 Å². The van der Waals surface area contributed by atoms with Gasteiger partial charge in [-0.2, -0.15) is 4.31 Å². The van der Waals surface area contributed by atoms with Crippen molar-refractivity contribution in [2.45, 2.75) is 11.4 Å². The number of nitro benzene ring substituents is 1. The van der Waals surface area contributed by atoms with E-state index in [1.54, 1.807) is 12.1 Å². The van der Waals surface area contributed by atoms with E-state index in [0.717, 1.165) is 0 Å². The van der Waals surface area contributed by atoms with Gasteiger partial charge < -0.3 is 15.4 Å². The van der Waals surface area contributed by atoms with Crippen LogP contribution < -0.4 is 10.6 Å². The first-order valence-corrected chi connectivity index (χ1v) is 10.7. The average Bonchev–Trinajstić information content (AvgIpc) is 2.78. The Bertz CT molecular complexity index is 1060. The zero-order valence-corrected chi connectivity index (χ0v) is 17.1. The van der Waals surface area contributed by atoms with Crippen LogP contribution in [0.3, 0.4) is 0 Å². The highest BCUT2D eigenvalue weighted by Crippen LogP contribution is 2.18. The Morgan fingerprint density at radius 2 is 1.61 bits per heavy atom. The molecular weight excluding hydrogens is 428 g/mol. The first-order chi connectivity index (χ1) is 14.8. The van der Waals surface area contributed by atoms with Crippen molar-refractivity contribution in [3.05, 3.63) is 64.2 Å². The number of benzene rings is 2. The molecule has 2 aromatic rings. The molecule has 2 aromatic carbocycles. The molecule has 1 saturated heterocycles. The molecule has 11 nitrogen and oxygen atoms in total. The Balaban J connectivity index is 1.53. The van der Waals surface area contributed by atoms with Crippen molar-refractivity contribution in [1.29, 1.82) is 0 Å². The van der Waals surface area contributed by atoms with Crippen LogP contribution in [0.4, 0.5) is 11.4 Å². The molecule has 1 aliphatic rings. The van der Waals surface area contributed by atoms with Crippen LogP contribution in [0.1, 0.15) is 5.56 Å². The number of nitrogens with one attached hydrogen (secondary N) is 2. The summed E-state index contributed by atoms with van der Waals surface area (Å²) < 4.78 is 31.7. The summed E-state index contributed by atoms with van der Waals surface area (Å²) in [6, 6.07) is 11.1. The number of hydrogen-bond acceptors (Lipinski definition) is 7. The van der Waals surface area contributed by atoms with Crippen LogP contribution in [0.25, 0.3) is 0 Å². The highest BCUT2D eigenvalue weighted by atomic mass is 32.2. The van der Waals surface area contributed by atoms with Gasteiger partial charge in [0.05, 0.1) is 23.0 Å². The summed E-state index contributed by atoms with van der Waals surface area (Å²) >= 11 is 0. The van der Waals surface area contributed by atoms with Crippen molar-refractivity contribution in [3.8, 4) is 0 Å². The predicted molar refractivity (Wildman–Crippen MR) is 110 cm³/mol. The first kappa shape index (κ1) is 22.3. The van der Waals surface area contributed by atoms with E-state index in [9.17, 15) is 28.1 Å². The maximum absolute atomic E-state index is 12.6. The monoisotopic (exact) mass is 448 g/mol. The predicted octanol–water partition coefficient (Wildman–Crippen LogP) is 0.871. The maximum Gasteiger partial charge on any atom is 0.313 e. The third kappa shape index (κ3) is 5.63. The molecule has 0 radical (unpaired) electrons. The van der Waals surface area contributed by atoms with E-state index in [1.165, 1.54) is 40.7 Å². The SMILES string of the molecule is O=C(NCc1ccc(S(=O)(=O)N2CCOCC2)cc1)C(=O)Nc1ccc([N+](=O)[O-])cc1. The molecule has 12 heteroatoms. The van der Waals surface area contributed by atoms with Crippen molar-refractivity contribution in [3.63, 3.8) is 0 Å². The lowest BCUT2D eigenvalue weighted by Crippen LogP contribution is -2.40. The fourth-order valence-electron chi connectivity index (χ4n) is 2.83. The van der Waals surface area contributed by atoms with Crippen molar-refractivity contribution in [2.75, 3.05) is 31.6 Å². The zero-order valence-electron chi connectivity index (χ0n) is 16.3. The number of nitro groups is 1. The van der Waals surface area contributed by atoms with E-state index >= 15 is 0 Å². The lowest BCUT2D eigenvalue weighted by Gasteiger charge is -2.26. The van der Waals surface area contributed by atoms with Gasteiger partial charge in [-0.25, -0.2) is 8.42 Å². The molecule has 2 amide bonds. The number of nitrogens with zero attached hydrogens (tertiary/aromatic N) is 2. The molecule has 0 spiro atoms. The Kier molecular flexibility index (Phi) is 6.95. The quantitative estimate of drug-likeness (QED) is 0.378. The number of ether oxygens (including phenoxy) is 1. The third-order valence-electron chi connectivity index (χ3n) is 4.53. The van der Waals surface area contributed by atoms with E-state index < -0.39 is 26.8 Å². The second-order valence-corrected chi connectivity index (χ2v) is 8.54. The van der Waals surface area contributed by atoms with Crippen molar-refractivity contribution in [2.24, 2.45) is 0 Å². The summed E-state index contributed by atoms with van der Waals surface area (Å²) in [5, 5.41) is 15.4. The molecule has 31 heavy (non-hydrogen) atoms. The minimum absolute atomic E-state index is 0.0183. The summed E-state index contributed by atoms with van der Waals surface area (Å²) in [6.07, 6.45) is 0. The van der Waals surface area contributed by atoms with Gasteiger partial charge >= 0.3 is 11.8 Å². The molecule has 3 rings (SSSR count). The van der Waals surface area contributed by atoms with Crippen LogP contribution in [0, 0.1) is 10.1 Å². The molecule has 164 valence electrons. The van der Waals surface area contributed by atoms with Gasteiger partial charge in [-0.15, -0.1) is 0 Å². The Hall–Kier alpha value is -3.35. The zero-order chi connectivity index (χ0) is 22.4. The van der Waals surface area contributed by atoms with Crippen molar-refractivity contribution < 1.29 is 27.7 Å². The first-order valence-electron chi connectivity index (χ1n) is 9.28. The van der Waals surface area contributed by atoms with Gasteiger partial charge in [0.1, 0.15) is 0 Å². The number of carbonyl (C=O) groups excluding carboxylic acids is 2. The fraction of sp³-hybridized carbons (Fsp3) is 0.263. The summed E-state index contributed by atoms with van der Waals surface area (Å²) in [5.41, 5.74) is 0.711. The molecule has 0 aliphatic carbocycles. The van der Waals surface area contributed by atoms with Crippen LogP contribution in [-0.4, -0.2) is 55.8 Å². The van der Waals surface area contributed by atoms with E-state index in [-0.39, 0.29) is 22.8 Å². The molecule has 2 N–H and O–H groups in total. The van der Waals surface area contributed by atoms with Gasteiger partial charge in [0.25, 0.3) is 5.69 Å². The molecule has 0 bridgehead atoms. The second kappa shape index (κ2) is 9.64. The summed E-state index contributed by atoms with van der Waals surface area (Å²) in [7, 11) is -3.61. The lowest BCUT2D eigenvalue weighted by atomic mass is 10.2. The topological polar surface area (TPSA) is 148 Å². The molecule has 1 fully saturated rings. The summed E-state index contributed by atoms with van der Waals surface area (Å²) in [6.45, 7) is 1.31. The lowest BCUT2D eigenvalue weighted by molar-refractivity contribution is -0.384. The minimum Gasteiger partial charge on any atom is -0.379 e. The molecule has 1 heterocycles. The summed E-state index contributed by atoms with van der Waals surface area (Å²) in [5.74, 6) is -1.83. The van der Waals surface area contributed by atoms with E-state index in [1.807, 2.05) is 0 Å². The van der Waals surface area contributed by atoms with Gasteiger partial charge in [0.2, 0.25) is 10.0 Å². The number of non-ortho nitro benzene ring substituents is 1. The number of rotatable bonds is 6. The highest BCUT2D eigenvalue weighted by molar-refractivity contribution is 7.89. The fourth-order valence-corrected chi connectivity index (χ4v) is 4.24. The van der Waals surface area contributed by atoms with E-state index in [2.05, 4.69) is 10.6 Å². The number of morpholine rings is 1. The normalized spacial score (nSPS) is 14.6. The van der Waals surface area contributed by atoms with Crippen molar-refractivity contribution in [1.82, 2.24) is 9.62 Å². The van der Waals surface area contributed by atoms with Gasteiger partial charge in [-0.3, -0.25) is 19.7 Å². The highest BCUT2D eigenvalue weighted by Gasteiger charge is 2.26. The third-order valence-corrected chi connectivity index (χ3v) is 6.44. The van der Waals surface area contributed by atoms with Crippen LogP contribution in [0.15, 0.2) is 53.4 Å². The number of amides is 2. The van der Waals surface area contributed by atoms with E-state index in [4.69, 9.17) is 4.74 Å². The molecule has 1 aliphatic heterocycles. The molecule has 0 atom stereocenters. The minimum atomic E-state index is -3.61. The number of carbonyl (C=O) groups is 2.